The Balaban J connectivity index is 2.97. The third-order valence-corrected chi connectivity index (χ3v) is 2.07. The number of nitrogens with zero attached hydrogens (tertiary/aromatic N) is 1. The molecule has 0 radical (unpaired) electrons. The van der Waals surface area contributed by atoms with Crippen LogP contribution in [-0.4, -0.2) is 4.98 Å². The summed E-state index contributed by atoms with van der Waals surface area (Å²) in [5.41, 5.74) is 8.36. The smallest absolute Gasteiger partial charge is 0.142 e. The molecule has 0 aliphatic rings. The Hall–Kier alpha value is -1.51. The molecule has 62 valence electrons. The van der Waals surface area contributed by atoms with Crippen LogP contribution in [0.4, 0.5) is 5.82 Å². The third-order valence-electron chi connectivity index (χ3n) is 2.07. The summed E-state index contributed by atoms with van der Waals surface area (Å²) in [5.74, 6) is 0.551. The third kappa shape index (κ3) is 0.794. The van der Waals surface area contributed by atoms with Crippen molar-refractivity contribution in [2.45, 2.75) is 13.8 Å². The van der Waals surface area contributed by atoms with Crippen LogP contribution in [0.25, 0.3) is 11.0 Å². The molecular formula is C9H10N2O. The van der Waals surface area contributed by atoms with Crippen LogP contribution in [0.2, 0.25) is 0 Å². The molecule has 0 aliphatic heterocycles. The summed E-state index contributed by atoms with van der Waals surface area (Å²) >= 11 is 0. The first-order valence-corrected chi connectivity index (χ1v) is 3.80. The van der Waals surface area contributed by atoms with Gasteiger partial charge in [0, 0.05) is 10.9 Å². The summed E-state index contributed by atoms with van der Waals surface area (Å²) < 4.78 is 5.29. The topological polar surface area (TPSA) is 52.0 Å². The number of hydrogen-bond donors (Lipinski definition) is 1. The minimum absolute atomic E-state index is 0.551. The molecule has 12 heavy (non-hydrogen) atoms. The van der Waals surface area contributed by atoms with Gasteiger partial charge in [-0.2, -0.15) is 0 Å². The Kier molecular flexibility index (Phi) is 1.33. The van der Waals surface area contributed by atoms with E-state index in [-0.39, 0.29) is 0 Å². The molecule has 0 saturated carbocycles. The molecule has 2 N–H and O–H groups in total. The highest BCUT2D eigenvalue weighted by Crippen LogP contribution is 2.24. The van der Waals surface area contributed by atoms with Crippen molar-refractivity contribution in [2.75, 3.05) is 5.73 Å². The Bertz CT molecular complexity index is 431. The lowest BCUT2D eigenvalue weighted by atomic mass is 10.2. The number of hydrogen-bond acceptors (Lipinski definition) is 3. The first kappa shape index (κ1) is 7.16. The van der Waals surface area contributed by atoms with Gasteiger partial charge in [-0.15, -0.1) is 0 Å². The second-order valence-electron chi connectivity index (χ2n) is 2.87. The largest absolute Gasteiger partial charge is 0.464 e. The molecule has 2 rings (SSSR count). The van der Waals surface area contributed by atoms with Crippen LogP contribution < -0.4 is 5.73 Å². The number of nitrogens with two attached hydrogens (primary N) is 1. The summed E-state index contributed by atoms with van der Waals surface area (Å²) in [6, 6.07) is 1.91. The zero-order chi connectivity index (χ0) is 8.72. The SMILES string of the molecule is Cc1nc(N)c(C)c2occc12. The molecular weight excluding hydrogens is 152 g/mol. The maximum Gasteiger partial charge on any atom is 0.142 e. The lowest BCUT2D eigenvalue weighted by Gasteiger charge is -2.01. The van der Waals surface area contributed by atoms with E-state index < -0.39 is 0 Å². The maximum absolute atomic E-state index is 5.67. The maximum atomic E-state index is 5.67. The molecule has 2 heterocycles. The molecule has 0 fully saturated rings. The molecule has 0 unspecified atom stereocenters. The number of fused-ring (bicyclic) bond motifs is 1. The van der Waals surface area contributed by atoms with Gasteiger partial charge in [-0.3, -0.25) is 0 Å². The number of nitrogen functional groups attached to an aromatic ring is 1. The van der Waals surface area contributed by atoms with Crippen LogP contribution in [0.3, 0.4) is 0 Å². The van der Waals surface area contributed by atoms with Crippen LogP contribution >= 0.6 is 0 Å². The monoisotopic (exact) mass is 162 g/mol. The minimum atomic E-state index is 0.551. The fourth-order valence-corrected chi connectivity index (χ4v) is 1.33. The molecule has 0 aliphatic carbocycles. The molecule has 3 nitrogen and oxygen atoms in total. The highest BCUT2D eigenvalue weighted by Gasteiger charge is 2.07. The van der Waals surface area contributed by atoms with Crippen LogP contribution in [0.5, 0.6) is 0 Å². The van der Waals surface area contributed by atoms with E-state index in [1.807, 2.05) is 19.9 Å². The van der Waals surface area contributed by atoms with Crippen molar-refractivity contribution >= 4 is 16.8 Å². The first-order chi connectivity index (χ1) is 5.70. The van der Waals surface area contributed by atoms with Gasteiger partial charge in [-0.25, -0.2) is 4.98 Å². The Morgan fingerprint density at radius 3 is 2.92 bits per heavy atom. The highest BCUT2D eigenvalue weighted by molar-refractivity contribution is 5.85. The normalized spacial score (nSPS) is 10.8. The van der Waals surface area contributed by atoms with Crippen molar-refractivity contribution in [1.29, 1.82) is 0 Å². The summed E-state index contributed by atoms with van der Waals surface area (Å²) in [6.45, 7) is 3.83. The van der Waals surface area contributed by atoms with Crippen molar-refractivity contribution in [2.24, 2.45) is 0 Å². The van der Waals surface area contributed by atoms with Crippen LogP contribution in [0.15, 0.2) is 16.7 Å². The Labute approximate surface area is 70.2 Å². The van der Waals surface area contributed by atoms with Gasteiger partial charge < -0.3 is 10.2 Å². The molecule has 0 saturated heterocycles. The summed E-state index contributed by atoms with van der Waals surface area (Å²) in [4.78, 5) is 4.19. The highest BCUT2D eigenvalue weighted by atomic mass is 16.3. The summed E-state index contributed by atoms with van der Waals surface area (Å²) in [6.07, 6.45) is 1.66. The van der Waals surface area contributed by atoms with E-state index in [1.165, 1.54) is 0 Å². The standard InChI is InChI=1S/C9H10N2O/c1-5-8-7(3-4-12-8)6(2)11-9(5)10/h3-4H,1-2H3,(H2,10,11). The van der Waals surface area contributed by atoms with E-state index in [0.717, 1.165) is 22.2 Å². The molecule has 0 spiro atoms. The number of furan rings is 1. The predicted octanol–water partition coefficient (Wildman–Crippen LogP) is 2.03. The molecule has 2 aromatic rings. The number of rotatable bonds is 0. The van der Waals surface area contributed by atoms with Crippen molar-refractivity contribution in [3.8, 4) is 0 Å². The van der Waals surface area contributed by atoms with E-state index >= 15 is 0 Å². The minimum Gasteiger partial charge on any atom is -0.464 e. The molecule has 0 atom stereocenters. The van der Waals surface area contributed by atoms with Gasteiger partial charge in [0.25, 0.3) is 0 Å². The van der Waals surface area contributed by atoms with E-state index in [9.17, 15) is 0 Å². The second kappa shape index (κ2) is 2.24. The van der Waals surface area contributed by atoms with Crippen molar-refractivity contribution in [3.63, 3.8) is 0 Å². The van der Waals surface area contributed by atoms with Crippen LogP contribution in [-0.2, 0) is 0 Å². The zero-order valence-corrected chi connectivity index (χ0v) is 7.09. The van der Waals surface area contributed by atoms with Crippen LogP contribution in [0, 0.1) is 13.8 Å². The van der Waals surface area contributed by atoms with Crippen molar-refractivity contribution in [1.82, 2.24) is 4.98 Å². The molecule has 2 aromatic heterocycles. The van der Waals surface area contributed by atoms with Gasteiger partial charge in [0.05, 0.1) is 12.0 Å². The average molecular weight is 162 g/mol. The zero-order valence-electron chi connectivity index (χ0n) is 7.09. The second-order valence-corrected chi connectivity index (χ2v) is 2.87. The Morgan fingerprint density at radius 2 is 2.17 bits per heavy atom. The molecule has 0 amide bonds. The lowest BCUT2D eigenvalue weighted by Crippen LogP contribution is -1.96. The van der Waals surface area contributed by atoms with E-state index in [2.05, 4.69) is 4.98 Å². The summed E-state index contributed by atoms with van der Waals surface area (Å²) in [7, 11) is 0. The summed E-state index contributed by atoms with van der Waals surface area (Å²) in [5, 5.41) is 1.04. The quantitative estimate of drug-likeness (QED) is 0.644. The van der Waals surface area contributed by atoms with E-state index in [0.29, 0.717) is 5.82 Å². The van der Waals surface area contributed by atoms with Gasteiger partial charge in [0.15, 0.2) is 0 Å². The lowest BCUT2D eigenvalue weighted by molar-refractivity contribution is 0.613. The number of aryl methyl sites for hydroxylation is 2. The van der Waals surface area contributed by atoms with Gasteiger partial charge in [0.2, 0.25) is 0 Å². The van der Waals surface area contributed by atoms with Gasteiger partial charge in [0.1, 0.15) is 11.4 Å². The number of aromatic nitrogens is 1. The number of pyridine rings is 1. The van der Waals surface area contributed by atoms with E-state index in [1.54, 1.807) is 6.26 Å². The van der Waals surface area contributed by atoms with Gasteiger partial charge >= 0.3 is 0 Å². The molecule has 0 bridgehead atoms. The Morgan fingerprint density at radius 1 is 1.42 bits per heavy atom. The van der Waals surface area contributed by atoms with E-state index in [4.69, 9.17) is 10.2 Å². The number of anilines is 1. The fraction of sp³-hybridized carbons (Fsp3) is 0.222. The average Bonchev–Trinajstić information content (AvgIpc) is 2.48. The molecule has 0 aromatic carbocycles. The van der Waals surface area contributed by atoms with Crippen molar-refractivity contribution < 1.29 is 4.42 Å². The first-order valence-electron chi connectivity index (χ1n) is 3.80. The fourth-order valence-electron chi connectivity index (χ4n) is 1.33. The van der Waals surface area contributed by atoms with Crippen molar-refractivity contribution in [3.05, 3.63) is 23.6 Å². The molecule has 3 heteroatoms. The predicted molar refractivity (Wildman–Crippen MR) is 47.9 cm³/mol. The van der Waals surface area contributed by atoms with Gasteiger partial charge in [-0.1, -0.05) is 0 Å². The van der Waals surface area contributed by atoms with Crippen LogP contribution in [0.1, 0.15) is 11.3 Å². The van der Waals surface area contributed by atoms with Gasteiger partial charge in [-0.05, 0) is 19.9 Å².